The number of para-hydroxylation sites is 1. The molecule has 2 aromatic rings. The van der Waals surface area contributed by atoms with Gasteiger partial charge < -0.3 is 5.73 Å². The van der Waals surface area contributed by atoms with E-state index in [9.17, 15) is 10.1 Å². The normalized spacial score (nSPS) is 10.4. The Kier molecular flexibility index (Phi) is 3.65. The molecule has 0 radical (unpaired) electrons. The Balaban J connectivity index is 2.16. The van der Waals surface area contributed by atoms with Gasteiger partial charge >= 0.3 is 0 Å². The van der Waals surface area contributed by atoms with Gasteiger partial charge in [0.2, 0.25) is 0 Å². The number of thioether (sulfide) groups is 1. The van der Waals surface area contributed by atoms with Gasteiger partial charge in [0.05, 0.1) is 9.13 Å². The van der Waals surface area contributed by atoms with Gasteiger partial charge in [0.15, 0.2) is 0 Å². The van der Waals surface area contributed by atoms with E-state index in [0.717, 1.165) is 5.56 Å². The fraction of sp³-hybridized carbons (Fsp3) is 0.0909. The quantitative estimate of drug-likeness (QED) is 0.398. The molecule has 0 spiro atoms. The van der Waals surface area contributed by atoms with Gasteiger partial charge in [-0.15, -0.1) is 23.1 Å². The number of nitro benzene ring substituents is 1. The second-order valence-corrected chi connectivity index (χ2v) is 5.55. The van der Waals surface area contributed by atoms with E-state index in [1.807, 2.05) is 23.6 Å². The minimum atomic E-state index is -0.450. The number of nitrogen functional groups attached to an aromatic ring is 1. The number of thiophene rings is 1. The molecule has 0 aliphatic rings. The van der Waals surface area contributed by atoms with Gasteiger partial charge in [-0.25, -0.2) is 0 Å². The van der Waals surface area contributed by atoms with E-state index >= 15 is 0 Å². The highest BCUT2D eigenvalue weighted by atomic mass is 32.2. The molecule has 1 heterocycles. The van der Waals surface area contributed by atoms with Crippen LogP contribution in [0.4, 0.5) is 11.4 Å². The maximum atomic E-state index is 10.7. The summed E-state index contributed by atoms with van der Waals surface area (Å²) < 4.78 is 1.18. The summed E-state index contributed by atoms with van der Waals surface area (Å²) in [4.78, 5) is 10.3. The second-order valence-electron chi connectivity index (χ2n) is 3.33. The van der Waals surface area contributed by atoms with Gasteiger partial charge in [-0.1, -0.05) is 18.2 Å². The van der Waals surface area contributed by atoms with Crippen LogP contribution < -0.4 is 5.73 Å². The molecule has 0 bridgehead atoms. The molecule has 0 unspecified atom stereocenters. The van der Waals surface area contributed by atoms with Gasteiger partial charge in [-0.2, -0.15) is 0 Å². The van der Waals surface area contributed by atoms with Crippen molar-refractivity contribution >= 4 is 34.5 Å². The van der Waals surface area contributed by atoms with Gasteiger partial charge in [0.25, 0.3) is 5.69 Å². The average molecular weight is 266 g/mol. The topological polar surface area (TPSA) is 69.2 Å². The van der Waals surface area contributed by atoms with Gasteiger partial charge in [0.1, 0.15) is 5.69 Å². The maximum Gasteiger partial charge on any atom is 0.292 e. The predicted molar refractivity (Wildman–Crippen MR) is 71.4 cm³/mol. The average Bonchev–Trinajstić information content (AvgIpc) is 2.80. The summed E-state index contributed by atoms with van der Waals surface area (Å²) in [6, 6.07) is 8.91. The molecule has 6 heteroatoms. The second kappa shape index (κ2) is 5.20. The fourth-order valence-corrected chi connectivity index (χ4v) is 3.17. The first kappa shape index (κ1) is 11.9. The molecule has 0 saturated carbocycles. The number of benzene rings is 1. The summed E-state index contributed by atoms with van der Waals surface area (Å²) in [5.41, 5.74) is 6.82. The van der Waals surface area contributed by atoms with Gasteiger partial charge in [0, 0.05) is 11.8 Å². The van der Waals surface area contributed by atoms with Crippen LogP contribution in [0.25, 0.3) is 0 Å². The lowest BCUT2D eigenvalue weighted by Gasteiger charge is -2.04. The monoisotopic (exact) mass is 266 g/mol. The van der Waals surface area contributed by atoms with Crippen LogP contribution in [-0.2, 0) is 5.75 Å². The van der Waals surface area contributed by atoms with Gasteiger partial charge in [-0.05, 0) is 17.0 Å². The summed E-state index contributed by atoms with van der Waals surface area (Å²) in [7, 11) is 0. The van der Waals surface area contributed by atoms with Crippen LogP contribution >= 0.6 is 23.1 Å². The number of anilines is 1. The van der Waals surface area contributed by atoms with Crippen molar-refractivity contribution in [2.75, 3.05) is 5.73 Å². The van der Waals surface area contributed by atoms with Crippen molar-refractivity contribution in [3.05, 3.63) is 51.4 Å². The first-order chi connectivity index (χ1) is 8.18. The standard InChI is InChI=1S/C11H10N2O2S2/c12-11-8(3-1-4-9(11)13(14)15)7-17-10-5-2-6-16-10/h1-6H,7,12H2. The molecule has 17 heavy (non-hydrogen) atoms. The van der Waals surface area contributed by atoms with Crippen LogP contribution in [0, 0.1) is 10.1 Å². The number of nitrogens with zero attached hydrogens (tertiary/aromatic N) is 1. The number of nitrogens with two attached hydrogens (primary N) is 1. The number of hydrogen-bond acceptors (Lipinski definition) is 5. The van der Waals surface area contributed by atoms with Crippen LogP contribution in [0.15, 0.2) is 39.9 Å². The third kappa shape index (κ3) is 2.78. The SMILES string of the molecule is Nc1c(CSc2cccs2)cccc1[N+](=O)[O-]. The van der Waals surface area contributed by atoms with E-state index in [0.29, 0.717) is 5.75 Å². The van der Waals surface area contributed by atoms with Crippen molar-refractivity contribution in [1.82, 2.24) is 0 Å². The smallest absolute Gasteiger partial charge is 0.292 e. The molecule has 1 aromatic heterocycles. The highest BCUT2D eigenvalue weighted by Gasteiger charge is 2.14. The lowest BCUT2D eigenvalue weighted by Crippen LogP contribution is -1.99. The highest BCUT2D eigenvalue weighted by Crippen LogP contribution is 2.32. The van der Waals surface area contributed by atoms with Crippen LogP contribution in [0.5, 0.6) is 0 Å². The molecular weight excluding hydrogens is 256 g/mol. The highest BCUT2D eigenvalue weighted by molar-refractivity contribution is 8.00. The van der Waals surface area contributed by atoms with Crippen LogP contribution in [-0.4, -0.2) is 4.92 Å². The van der Waals surface area contributed by atoms with Crippen molar-refractivity contribution in [3.63, 3.8) is 0 Å². The molecule has 0 aliphatic heterocycles. The molecule has 0 saturated heterocycles. The molecule has 0 amide bonds. The van der Waals surface area contributed by atoms with Crippen molar-refractivity contribution < 1.29 is 4.92 Å². The Morgan fingerprint density at radius 3 is 2.82 bits per heavy atom. The predicted octanol–water partition coefficient (Wildman–Crippen LogP) is 3.53. The molecule has 0 aliphatic carbocycles. The zero-order valence-corrected chi connectivity index (χ0v) is 10.5. The van der Waals surface area contributed by atoms with Gasteiger partial charge in [-0.3, -0.25) is 10.1 Å². The van der Waals surface area contributed by atoms with E-state index in [4.69, 9.17) is 5.73 Å². The van der Waals surface area contributed by atoms with Crippen LogP contribution in [0.3, 0.4) is 0 Å². The molecule has 88 valence electrons. The number of nitro groups is 1. The Labute approximate surface area is 107 Å². The Morgan fingerprint density at radius 1 is 1.35 bits per heavy atom. The molecule has 2 rings (SSSR count). The fourth-order valence-electron chi connectivity index (χ4n) is 1.38. The first-order valence-electron chi connectivity index (χ1n) is 4.86. The molecule has 1 aromatic carbocycles. The van der Waals surface area contributed by atoms with E-state index in [-0.39, 0.29) is 11.4 Å². The molecule has 0 fully saturated rings. The zero-order valence-electron chi connectivity index (χ0n) is 8.83. The third-order valence-corrected chi connectivity index (χ3v) is 4.41. The minimum absolute atomic E-state index is 0.0192. The molecular formula is C11H10N2O2S2. The summed E-state index contributed by atoms with van der Waals surface area (Å²) in [5, 5.41) is 12.7. The minimum Gasteiger partial charge on any atom is -0.393 e. The molecule has 0 atom stereocenters. The van der Waals surface area contributed by atoms with Crippen molar-refractivity contribution in [1.29, 1.82) is 0 Å². The Hall–Kier alpha value is -1.53. The number of rotatable bonds is 4. The zero-order chi connectivity index (χ0) is 12.3. The third-order valence-electron chi connectivity index (χ3n) is 2.24. The number of hydrogen-bond donors (Lipinski definition) is 1. The Bertz CT molecular complexity index is 526. The lowest BCUT2D eigenvalue weighted by molar-refractivity contribution is -0.383. The van der Waals surface area contributed by atoms with Crippen molar-refractivity contribution in [2.45, 2.75) is 9.96 Å². The summed E-state index contributed by atoms with van der Waals surface area (Å²) in [6.07, 6.45) is 0. The molecule has 2 N–H and O–H groups in total. The Morgan fingerprint density at radius 2 is 2.18 bits per heavy atom. The van der Waals surface area contributed by atoms with E-state index in [1.165, 1.54) is 10.3 Å². The maximum absolute atomic E-state index is 10.7. The van der Waals surface area contributed by atoms with E-state index in [2.05, 4.69) is 0 Å². The van der Waals surface area contributed by atoms with Crippen LogP contribution in [0.1, 0.15) is 5.56 Å². The molecule has 4 nitrogen and oxygen atoms in total. The summed E-state index contributed by atoms with van der Waals surface area (Å²) in [6.45, 7) is 0. The largest absolute Gasteiger partial charge is 0.393 e. The van der Waals surface area contributed by atoms with Crippen molar-refractivity contribution in [3.8, 4) is 0 Å². The van der Waals surface area contributed by atoms with E-state index < -0.39 is 4.92 Å². The lowest BCUT2D eigenvalue weighted by atomic mass is 10.2. The van der Waals surface area contributed by atoms with E-state index in [1.54, 1.807) is 29.2 Å². The summed E-state index contributed by atoms with van der Waals surface area (Å²) >= 11 is 3.28. The van der Waals surface area contributed by atoms with Crippen LogP contribution in [0.2, 0.25) is 0 Å². The summed E-state index contributed by atoms with van der Waals surface area (Å²) in [5.74, 6) is 0.647. The van der Waals surface area contributed by atoms with Crippen molar-refractivity contribution in [2.24, 2.45) is 0 Å². The first-order valence-corrected chi connectivity index (χ1v) is 6.73.